The van der Waals surface area contributed by atoms with Crippen molar-refractivity contribution < 1.29 is 4.74 Å². The van der Waals surface area contributed by atoms with Crippen LogP contribution >= 0.6 is 12.2 Å². The number of morpholine rings is 1. The largest absolute Gasteiger partial charge is 0.372 e. The Morgan fingerprint density at radius 3 is 2.53 bits per heavy atom. The number of nitrogens with zero attached hydrogens (tertiary/aromatic N) is 1. The summed E-state index contributed by atoms with van der Waals surface area (Å²) < 4.78 is 5.73. The minimum absolute atomic E-state index is 0.224. The van der Waals surface area contributed by atoms with Crippen molar-refractivity contribution in [2.45, 2.75) is 39.9 Å². The van der Waals surface area contributed by atoms with Crippen LogP contribution in [0.3, 0.4) is 0 Å². The highest BCUT2D eigenvalue weighted by Gasteiger charge is 2.24. The predicted octanol–water partition coefficient (Wildman–Crippen LogP) is 3.11. The van der Waals surface area contributed by atoms with Crippen LogP contribution in [0, 0.1) is 13.8 Å². The predicted molar refractivity (Wildman–Crippen MR) is 83.7 cm³/mol. The van der Waals surface area contributed by atoms with Crippen molar-refractivity contribution in [3.8, 4) is 0 Å². The van der Waals surface area contributed by atoms with Gasteiger partial charge >= 0.3 is 0 Å². The molecule has 0 spiro atoms. The van der Waals surface area contributed by atoms with Crippen molar-refractivity contribution in [2.24, 2.45) is 0 Å². The van der Waals surface area contributed by atoms with E-state index < -0.39 is 0 Å². The zero-order valence-electron chi connectivity index (χ0n) is 12.1. The van der Waals surface area contributed by atoms with Gasteiger partial charge in [0, 0.05) is 18.8 Å². The average Bonchev–Trinajstić information content (AvgIpc) is 2.33. The topological polar surface area (TPSA) is 24.5 Å². The maximum absolute atomic E-state index is 5.73. The van der Waals surface area contributed by atoms with Gasteiger partial charge in [-0.2, -0.15) is 0 Å². The summed E-state index contributed by atoms with van der Waals surface area (Å²) in [6, 6.07) is 6.24. The maximum atomic E-state index is 5.73. The molecule has 1 aromatic carbocycles. The molecule has 0 aromatic heterocycles. The Bertz CT molecular complexity index is 465. The summed E-state index contributed by atoms with van der Waals surface area (Å²) in [6.07, 6.45) is 0.448. The molecule has 0 saturated carbocycles. The molecule has 19 heavy (non-hydrogen) atoms. The lowest BCUT2D eigenvalue weighted by Crippen LogP contribution is -2.49. The first-order chi connectivity index (χ1) is 8.97. The normalized spacial score (nSPS) is 23.3. The Labute approximate surface area is 120 Å². The molecule has 1 aromatic rings. The van der Waals surface area contributed by atoms with E-state index in [1.54, 1.807) is 0 Å². The second-order valence-corrected chi connectivity index (χ2v) is 5.73. The Kier molecular flexibility index (Phi) is 4.42. The third-order valence-electron chi connectivity index (χ3n) is 3.55. The Balaban J connectivity index is 2.06. The van der Waals surface area contributed by atoms with Crippen LogP contribution in [0.1, 0.15) is 25.0 Å². The molecule has 1 fully saturated rings. The zero-order valence-corrected chi connectivity index (χ0v) is 12.9. The second kappa shape index (κ2) is 5.88. The highest BCUT2D eigenvalue weighted by molar-refractivity contribution is 7.80. The first kappa shape index (κ1) is 14.3. The first-order valence-corrected chi connectivity index (χ1v) is 7.16. The smallest absolute Gasteiger partial charge is 0.173 e. The number of aryl methyl sites for hydroxylation is 1. The Morgan fingerprint density at radius 2 is 1.89 bits per heavy atom. The SMILES string of the molecule is Cc1cccc(NC(=S)N2C[C@@H](C)O[C@@H](C)C2)c1C. The van der Waals surface area contributed by atoms with Crippen LogP contribution in [-0.2, 0) is 4.74 Å². The molecule has 1 saturated heterocycles. The van der Waals surface area contributed by atoms with Gasteiger partial charge in [0.15, 0.2) is 5.11 Å². The summed E-state index contributed by atoms with van der Waals surface area (Å²) in [5, 5.41) is 4.15. The van der Waals surface area contributed by atoms with Crippen LogP contribution in [0.5, 0.6) is 0 Å². The molecule has 0 bridgehead atoms. The maximum Gasteiger partial charge on any atom is 0.173 e. The molecular formula is C15H22N2OS. The van der Waals surface area contributed by atoms with Crippen LogP contribution in [0.4, 0.5) is 5.69 Å². The third-order valence-corrected chi connectivity index (χ3v) is 3.91. The van der Waals surface area contributed by atoms with Gasteiger partial charge in [-0.25, -0.2) is 0 Å². The minimum Gasteiger partial charge on any atom is -0.372 e. The summed E-state index contributed by atoms with van der Waals surface area (Å²) in [5.74, 6) is 0. The quantitative estimate of drug-likeness (QED) is 0.798. The van der Waals surface area contributed by atoms with Crippen LogP contribution in [-0.4, -0.2) is 35.3 Å². The zero-order chi connectivity index (χ0) is 14.0. The number of thiocarbonyl (C=S) groups is 1. The fourth-order valence-electron chi connectivity index (χ4n) is 2.42. The van der Waals surface area contributed by atoms with Gasteiger partial charge in [-0.15, -0.1) is 0 Å². The summed E-state index contributed by atoms with van der Waals surface area (Å²) >= 11 is 5.52. The fraction of sp³-hybridized carbons (Fsp3) is 0.533. The van der Waals surface area contributed by atoms with E-state index in [1.807, 2.05) is 0 Å². The lowest BCUT2D eigenvalue weighted by atomic mass is 10.1. The number of ether oxygens (including phenoxy) is 1. The van der Waals surface area contributed by atoms with E-state index in [0.29, 0.717) is 0 Å². The molecule has 104 valence electrons. The molecule has 1 N–H and O–H groups in total. The van der Waals surface area contributed by atoms with E-state index in [1.165, 1.54) is 11.1 Å². The van der Waals surface area contributed by atoms with Gasteiger partial charge in [0.25, 0.3) is 0 Å². The molecule has 1 heterocycles. The van der Waals surface area contributed by atoms with Crippen LogP contribution < -0.4 is 5.32 Å². The number of nitrogens with one attached hydrogen (secondary N) is 1. The number of rotatable bonds is 1. The summed E-state index contributed by atoms with van der Waals surface area (Å²) in [5.41, 5.74) is 3.62. The van der Waals surface area contributed by atoms with Gasteiger partial charge in [0.1, 0.15) is 0 Å². The summed E-state index contributed by atoms with van der Waals surface area (Å²) in [4.78, 5) is 2.19. The van der Waals surface area contributed by atoms with Crippen molar-refractivity contribution in [3.63, 3.8) is 0 Å². The van der Waals surface area contributed by atoms with Crippen molar-refractivity contribution in [2.75, 3.05) is 18.4 Å². The van der Waals surface area contributed by atoms with Crippen molar-refractivity contribution in [1.29, 1.82) is 0 Å². The van der Waals surface area contributed by atoms with E-state index in [4.69, 9.17) is 17.0 Å². The molecule has 0 aliphatic carbocycles. The summed E-state index contributed by atoms with van der Waals surface area (Å²) in [6.45, 7) is 10.1. The lowest BCUT2D eigenvalue weighted by molar-refractivity contribution is -0.0473. The van der Waals surface area contributed by atoms with Gasteiger partial charge in [-0.1, -0.05) is 12.1 Å². The van der Waals surface area contributed by atoms with Crippen LogP contribution in [0.15, 0.2) is 18.2 Å². The molecule has 4 heteroatoms. The molecule has 0 unspecified atom stereocenters. The standard InChI is InChI=1S/C15H22N2OS/c1-10-6-5-7-14(13(10)4)16-15(19)17-8-11(2)18-12(3)9-17/h5-7,11-12H,8-9H2,1-4H3,(H,16,19)/t11-,12+. The van der Waals surface area contributed by atoms with E-state index in [9.17, 15) is 0 Å². The van der Waals surface area contributed by atoms with E-state index in [2.05, 4.69) is 56.1 Å². The molecule has 1 aliphatic rings. The van der Waals surface area contributed by atoms with E-state index in [-0.39, 0.29) is 12.2 Å². The van der Waals surface area contributed by atoms with Crippen molar-refractivity contribution in [1.82, 2.24) is 4.90 Å². The van der Waals surface area contributed by atoms with Crippen LogP contribution in [0.2, 0.25) is 0 Å². The fourth-order valence-corrected chi connectivity index (χ4v) is 2.68. The van der Waals surface area contributed by atoms with Gasteiger partial charge in [-0.3, -0.25) is 0 Å². The van der Waals surface area contributed by atoms with E-state index >= 15 is 0 Å². The minimum atomic E-state index is 0.224. The number of hydrogen-bond acceptors (Lipinski definition) is 2. The number of anilines is 1. The molecule has 2 rings (SSSR count). The van der Waals surface area contributed by atoms with E-state index in [0.717, 1.165) is 23.9 Å². The molecule has 3 nitrogen and oxygen atoms in total. The van der Waals surface area contributed by atoms with Crippen molar-refractivity contribution >= 4 is 23.0 Å². The summed E-state index contributed by atoms with van der Waals surface area (Å²) in [7, 11) is 0. The van der Waals surface area contributed by atoms with Crippen molar-refractivity contribution in [3.05, 3.63) is 29.3 Å². The molecule has 2 atom stereocenters. The van der Waals surface area contributed by atoms with Gasteiger partial charge in [-0.05, 0) is 57.1 Å². The second-order valence-electron chi connectivity index (χ2n) is 5.34. The molecule has 1 aliphatic heterocycles. The molecule has 0 radical (unpaired) electrons. The van der Waals surface area contributed by atoms with Gasteiger partial charge in [0.2, 0.25) is 0 Å². The first-order valence-electron chi connectivity index (χ1n) is 6.75. The van der Waals surface area contributed by atoms with Crippen LogP contribution in [0.25, 0.3) is 0 Å². The van der Waals surface area contributed by atoms with Gasteiger partial charge in [0.05, 0.1) is 12.2 Å². The number of benzene rings is 1. The van der Waals surface area contributed by atoms with Gasteiger partial charge < -0.3 is 15.0 Å². The highest BCUT2D eigenvalue weighted by atomic mass is 32.1. The average molecular weight is 278 g/mol. The molecular weight excluding hydrogens is 256 g/mol. The highest BCUT2D eigenvalue weighted by Crippen LogP contribution is 2.19. The third kappa shape index (κ3) is 3.45. The number of hydrogen-bond donors (Lipinski definition) is 1. The lowest BCUT2D eigenvalue weighted by Gasteiger charge is -2.37. The molecule has 0 amide bonds. The monoisotopic (exact) mass is 278 g/mol. The Hall–Kier alpha value is -1.13. The Morgan fingerprint density at radius 1 is 1.26 bits per heavy atom.